The van der Waals surface area contributed by atoms with E-state index in [-0.39, 0.29) is 5.91 Å². The lowest BCUT2D eigenvalue weighted by atomic mass is 10.1. The van der Waals surface area contributed by atoms with Gasteiger partial charge >= 0.3 is 0 Å². The maximum Gasteiger partial charge on any atom is 0.221 e. The van der Waals surface area contributed by atoms with Crippen molar-refractivity contribution in [3.8, 4) is 11.5 Å². The molecule has 116 valence electrons. The number of amides is 1. The molecule has 1 amide bonds. The molecule has 0 heterocycles. The summed E-state index contributed by atoms with van der Waals surface area (Å²) in [6.07, 6.45) is 0.469. The number of ether oxygens (including phenoxy) is 1. The van der Waals surface area contributed by atoms with Gasteiger partial charge in [-0.1, -0.05) is 30.3 Å². The van der Waals surface area contributed by atoms with Crippen LogP contribution in [0.2, 0.25) is 0 Å². The maximum atomic E-state index is 11.7. The lowest BCUT2D eigenvalue weighted by Crippen LogP contribution is -2.26. The first kappa shape index (κ1) is 16.0. The lowest BCUT2D eigenvalue weighted by molar-refractivity contribution is -0.121. The van der Waals surface area contributed by atoms with E-state index < -0.39 is 0 Å². The number of hydrogen-bond donors (Lipinski definition) is 2. The van der Waals surface area contributed by atoms with Gasteiger partial charge in [-0.05, 0) is 37.7 Å². The van der Waals surface area contributed by atoms with Gasteiger partial charge in [-0.25, -0.2) is 0 Å². The zero-order valence-corrected chi connectivity index (χ0v) is 13.1. The Hall–Kier alpha value is -2.33. The Kier molecular flexibility index (Phi) is 5.98. The van der Waals surface area contributed by atoms with Gasteiger partial charge in [0.25, 0.3) is 0 Å². The van der Waals surface area contributed by atoms with Gasteiger partial charge in [-0.2, -0.15) is 0 Å². The summed E-state index contributed by atoms with van der Waals surface area (Å²) in [5, 5.41) is 5.88. The highest BCUT2D eigenvalue weighted by atomic mass is 16.5. The molecule has 22 heavy (non-hydrogen) atoms. The molecular weight excluding hydrogens is 276 g/mol. The summed E-state index contributed by atoms with van der Waals surface area (Å²) in [6, 6.07) is 15.6. The highest BCUT2D eigenvalue weighted by Gasteiger charge is 2.07. The largest absolute Gasteiger partial charge is 0.457 e. The average Bonchev–Trinajstić information content (AvgIpc) is 2.53. The van der Waals surface area contributed by atoms with E-state index in [1.807, 2.05) is 62.5 Å². The van der Waals surface area contributed by atoms with Crippen LogP contribution in [0.3, 0.4) is 0 Å². The molecule has 4 nitrogen and oxygen atoms in total. The fourth-order valence-electron chi connectivity index (χ4n) is 2.04. The van der Waals surface area contributed by atoms with Crippen molar-refractivity contribution in [1.82, 2.24) is 10.6 Å². The number of carbonyl (C=O) groups excluding carboxylic acids is 1. The number of hydrogen-bond acceptors (Lipinski definition) is 3. The Morgan fingerprint density at radius 2 is 1.91 bits per heavy atom. The van der Waals surface area contributed by atoms with E-state index in [2.05, 4.69) is 10.6 Å². The molecule has 0 spiro atoms. The molecule has 0 saturated carbocycles. The Labute approximate surface area is 131 Å². The van der Waals surface area contributed by atoms with Crippen LogP contribution in [0.25, 0.3) is 0 Å². The molecule has 2 rings (SSSR count). The summed E-state index contributed by atoms with van der Waals surface area (Å²) in [5.41, 5.74) is 2.09. The van der Waals surface area contributed by atoms with Gasteiger partial charge in [0.05, 0.1) is 0 Å². The van der Waals surface area contributed by atoms with E-state index in [4.69, 9.17) is 4.74 Å². The van der Waals surface area contributed by atoms with Gasteiger partial charge in [0.1, 0.15) is 11.5 Å². The van der Waals surface area contributed by atoms with E-state index in [9.17, 15) is 4.79 Å². The molecule has 0 aliphatic rings. The Bertz CT molecular complexity index is 612. The van der Waals surface area contributed by atoms with Crippen LogP contribution in [0.4, 0.5) is 0 Å². The number of rotatable bonds is 7. The standard InChI is InChI=1S/C18H22N2O2/c1-14-8-9-15(13-20-18(21)10-11-19-2)17(12-14)22-16-6-4-3-5-7-16/h3-9,12,19H,10-11,13H2,1-2H3,(H,20,21). The molecule has 0 unspecified atom stereocenters. The van der Waals surface area contributed by atoms with Crippen molar-refractivity contribution in [2.45, 2.75) is 19.9 Å². The van der Waals surface area contributed by atoms with E-state index in [0.717, 1.165) is 22.6 Å². The molecule has 0 atom stereocenters. The minimum absolute atomic E-state index is 0.0283. The van der Waals surface area contributed by atoms with Gasteiger partial charge in [0.2, 0.25) is 5.91 Å². The van der Waals surface area contributed by atoms with Gasteiger partial charge < -0.3 is 15.4 Å². The summed E-state index contributed by atoms with van der Waals surface area (Å²) in [6.45, 7) is 3.16. The van der Waals surface area contributed by atoms with Gasteiger partial charge in [0, 0.05) is 25.1 Å². The topological polar surface area (TPSA) is 50.4 Å². The van der Waals surface area contributed by atoms with Crippen molar-refractivity contribution in [3.05, 3.63) is 59.7 Å². The van der Waals surface area contributed by atoms with Crippen LogP contribution >= 0.6 is 0 Å². The molecule has 0 aliphatic heterocycles. The predicted molar refractivity (Wildman–Crippen MR) is 88.1 cm³/mol. The normalized spacial score (nSPS) is 10.3. The zero-order valence-electron chi connectivity index (χ0n) is 13.1. The summed E-state index contributed by atoms with van der Waals surface area (Å²) < 4.78 is 5.94. The SMILES string of the molecule is CNCCC(=O)NCc1ccc(C)cc1Oc1ccccc1. The van der Waals surface area contributed by atoms with Crippen LogP contribution in [0, 0.1) is 6.92 Å². The first-order valence-corrected chi connectivity index (χ1v) is 7.43. The summed E-state index contributed by atoms with van der Waals surface area (Å²) in [7, 11) is 1.83. The van der Waals surface area contributed by atoms with Crippen molar-refractivity contribution in [1.29, 1.82) is 0 Å². The van der Waals surface area contributed by atoms with Crippen molar-refractivity contribution < 1.29 is 9.53 Å². The molecule has 0 aromatic heterocycles. The predicted octanol–water partition coefficient (Wildman–Crippen LogP) is 3.01. The zero-order chi connectivity index (χ0) is 15.8. The summed E-state index contributed by atoms with van der Waals surface area (Å²) >= 11 is 0. The molecule has 0 saturated heterocycles. The number of nitrogens with one attached hydrogen (secondary N) is 2. The molecule has 2 aromatic rings. The highest BCUT2D eigenvalue weighted by molar-refractivity contribution is 5.76. The molecule has 0 bridgehead atoms. The second-order valence-electron chi connectivity index (χ2n) is 5.16. The van der Waals surface area contributed by atoms with Crippen LogP contribution in [0.1, 0.15) is 17.5 Å². The molecule has 0 aliphatic carbocycles. The molecule has 2 N–H and O–H groups in total. The summed E-state index contributed by atoms with van der Waals surface area (Å²) in [4.78, 5) is 11.7. The van der Waals surface area contributed by atoms with Crippen LogP contribution in [0.15, 0.2) is 48.5 Å². The Morgan fingerprint density at radius 1 is 1.14 bits per heavy atom. The molecule has 4 heteroatoms. The Balaban J connectivity index is 2.06. The first-order valence-electron chi connectivity index (χ1n) is 7.43. The third-order valence-corrected chi connectivity index (χ3v) is 3.27. The smallest absolute Gasteiger partial charge is 0.221 e. The van der Waals surface area contributed by atoms with Crippen LogP contribution in [0.5, 0.6) is 11.5 Å². The second-order valence-corrected chi connectivity index (χ2v) is 5.16. The second kappa shape index (κ2) is 8.20. The third kappa shape index (κ3) is 4.90. The van der Waals surface area contributed by atoms with E-state index in [1.165, 1.54) is 0 Å². The van der Waals surface area contributed by atoms with E-state index in [0.29, 0.717) is 19.5 Å². The minimum Gasteiger partial charge on any atom is -0.457 e. The molecule has 2 aromatic carbocycles. The summed E-state index contributed by atoms with van der Waals surface area (Å²) in [5.74, 6) is 1.59. The van der Waals surface area contributed by atoms with Crippen molar-refractivity contribution >= 4 is 5.91 Å². The van der Waals surface area contributed by atoms with Crippen molar-refractivity contribution in [2.75, 3.05) is 13.6 Å². The number of aryl methyl sites for hydroxylation is 1. The van der Waals surface area contributed by atoms with Gasteiger partial charge in [0.15, 0.2) is 0 Å². The third-order valence-electron chi connectivity index (χ3n) is 3.27. The Morgan fingerprint density at radius 3 is 2.64 bits per heavy atom. The fraction of sp³-hybridized carbons (Fsp3) is 0.278. The average molecular weight is 298 g/mol. The van der Waals surface area contributed by atoms with Gasteiger partial charge in [-0.3, -0.25) is 4.79 Å². The van der Waals surface area contributed by atoms with Crippen molar-refractivity contribution in [3.63, 3.8) is 0 Å². The molecule has 0 fully saturated rings. The molecular formula is C18H22N2O2. The van der Waals surface area contributed by atoms with Crippen LogP contribution < -0.4 is 15.4 Å². The van der Waals surface area contributed by atoms with Crippen LogP contribution in [-0.4, -0.2) is 19.5 Å². The minimum atomic E-state index is 0.0283. The van der Waals surface area contributed by atoms with Crippen molar-refractivity contribution in [2.24, 2.45) is 0 Å². The lowest BCUT2D eigenvalue weighted by Gasteiger charge is -2.13. The van der Waals surface area contributed by atoms with E-state index >= 15 is 0 Å². The number of carbonyl (C=O) groups is 1. The maximum absolute atomic E-state index is 11.7. The monoisotopic (exact) mass is 298 g/mol. The van der Waals surface area contributed by atoms with Gasteiger partial charge in [-0.15, -0.1) is 0 Å². The number of para-hydroxylation sites is 1. The van der Waals surface area contributed by atoms with Crippen LogP contribution in [-0.2, 0) is 11.3 Å². The molecule has 0 radical (unpaired) electrons. The van der Waals surface area contributed by atoms with E-state index in [1.54, 1.807) is 0 Å². The number of benzene rings is 2. The highest BCUT2D eigenvalue weighted by Crippen LogP contribution is 2.26. The fourth-order valence-corrected chi connectivity index (χ4v) is 2.04. The first-order chi connectivity index (χ1) is 10.7. The quantitative estimate of drug-likeness (QED) is 0.826.